The van der Waals surface area contributed by atoms with Crippen molar-refractivity contribution in [1.29, 1.82) is 5.26 Å². The number of hydrogen-bond acceptors (Lipinski definition) is 2. The number of nitrogens with zero attached hydrogens (tertiary/aromatic N) is 3. The van der Waals surface area contributed by atoms with Crippen LogP contribution in [0.25, 0.3) is 11.3 Å². The third-order valence-electron chi connectivity index (χ3n) is 4.67. The lowest BCUT2D eigenvalue weighted by atomic mass is 9.60. The van der Waals surface area contributed by atoms with E-state index in [4.69, 9.17) is 5.10 Å². The Morgan fingerprint density at radius 3 is 2.37 bits per heavy atom. The fourth-order valence-electron chi connectivity index (χ4n) is 3.17. The molecule has 2 aromatic carbocycles. The summed E-state index contributed by atoms with van der Waals surface area (Å²) in [6.07, 6.45) is 0.816. The fraction of sp³-hybridized carbons (Fsp3) is 0.238. The van der Waals surface area contributed by atoms with Crippen LogP contribution in [0.3, 0.4) is 0 Å². The van der Waals surface area contributed by atoms with Crippen molar-refractivity contribution in [3.05, 3.63) is 76.1 Å². The molecule has 0 fully saturated rings. The quantitative estimate of drug-likeness (QED) is 0.508. The number of aromatic nitrogens is 2. The zero-order chi connectivity index (χ0) is 19.6. The van der Waals surface area contributed by atoms with Gasteiger partial charge in [-0.1, -0.05) is 42.7 Å². The van der Waals surface area contributed by atoms with Gasteiger partial charge < -0.3 is 4.59 Å². The molecule has 27 heavy (non-hydrogen) atoms. The van der Waals surface area contributed by atoms with Gasteiger partial charge in [-0.2, -0.15) is 10.4 Å². The van der Waals surface area contributed by atoms with E-state index in [-0.39, 0.29) is 12.7 Å². The molecule has 3 rings (SSSR count). The maximum atomic E-state index is 13.4. The van der Waals surface area contributed by atoms with Gasteiger partial charge in [-0.25, -0.2) is 4.39 Å². The predicted molar refractivity (Wildman–Crippen MR) is 111 cm³/mol. The minimum Gasteiger partial charge on any atom is -0.304 e. The van der Waals surface area contributed by atoms with Gasteiger partial charge in [0, 0.05) is 11.1 Å². The van der Waals surface area contributed by atoms with E-state index in [2.05, 4.69) is 41.0 Å². The largest absolute Gasteiger partial charge is 0.304 e. The van der Waals surface area contributed by atoms with Crippen LogP contribution < -0.4 is 0 Å². The summed E-state index contributed by atoms with van der Waals surface area (Å²) in [5.41, 5.74) is 2.79. The molecule has 0 aliphatic heterocycles. The van der Waals surface area contributed by atoms with Crippen molar-refractivity contribution in [1.82, 2.24) is 9.69 Å². The first-order valence-electron chi connectivity index (χ1n) is 8.83. The van der Waals surface area contributed by atoms with Gasteiger partial charge in [0.2, 0.25) is 0 Å². The summed E-state index contributed by atoms with van der Waals surface area (Å²) in [5, 5.41) is 14.5. The van der Waals surface area contributed by atoms with E-state index in [0.29, 0.717) is 5.69 Å². The summed E-state index contributed by atoms with van der Waals surface area (Å²) in [6, 6.07) is 18.8. The summed E-state index contributed by atoms with van der Waals surface area (Å²) in [4.78, 5) is 0. The van der Waals surface area contributed by atoms with Crippen LogP contribution in [-0.4, -0.2) is 16.5 Å². The van der Waals surface area contributed by atoms with E-state index in [0.717, 1.165) is 22.1 Å². The van der Waals surface area contributed by atoms with Gasteiger partial charge in [-0.05, 0) is 60.4 Å². The molecule has 136 valence electrons. The first kappa shape index (κ1) is 19.4. The molecule has 0 amide bonds. The third-order valence-corrected chi connectivity index (χ3v) is 5.43. The summed E-state index contributed by atoms with van der Waals surface area (Å²) < 4.78 is 16.1. The fourth-order valence-corrected chi connectivity index (χ4v) is 4.28. The van der Waals surface area contributed by atoms with E-state index in [1.54, 1.807) is 12.1 Å². The molecule has 0 saturated heterocycles. The highest BCUT2D eigenvalue weighted by atomic mass is 79.9. The molecular formula is C21H20BBrFN3. The van der Waals surface area contributed by atoms with Crippen LogP contribution in [0.2, 0.25) is 6.82 Å². The topological polar surface area (TPSA) is 41.6 Å². The second-order valence-corrected chi connectivity index (χ2v) is 7.99. The van der Waals surface area contributed by atoms with Crippen LogP contribution >= 0.6 is 15.9 Å². The van der Waals surface area contributed by atoms with Crippen molar-refractivity contribution < 1.29 is 4.39 Å². The molecule has 0 N–H and O–H groups in total. The molecule has 3 aromatic rings. The molecule has 0 saturated carbocycles. The number of rotatable bonds is 5. The van der Waals surface area contributed by atoms with E-state index < -0.39 is 5.41 Å². The Bertz CT molecular complexity index is 975. The minimum atomic E-state index is -0.743. The third kappa shape index (κ3) is 3.99. The maximum Gasteiger partial charge on any atom is 0.286 e. The Morgan fingerprint density at radius 2 is 1.78 bits per heavy atom. The van der Waals surface area contributed by atoms with Gasteiger partial charge >= 0.3 is 0 Å². The molecule has 0 unspecified atom stereocenters. The van der Waals surface area contributed by atoms with Crippen LogP contribution in [-0.2, 0) is 11.7 Å². The second kappa shape index (κ2) is 7.70. The van der Waals surface area contributed by atoms with Crippen molar-refractivity contribution in [3.63, 3.8) is 0 Å². The lowest BCUT2D eigenvalue weighted by Gasteiger charge is -2.17. The summed E-state index contributed by atoms with van der Waals surface area (Å²) in [6.45, 7) is 5.92. The molecular weight excluding hydrogens is 404 g/mol. The van der Waals surface area contributed by atoms with Gasteiger partial charge in [-0.3, -0.25) is 0 Å². The molecule has 6 heteroatoms. The number of nitriles is 1. The maximum absolute atomic E-state index is 13.4. The highest BCUT2D eigenvalue weighted by Crippen LogP contribution is 2.38. The Hall–Kier alpha value is -2.39. The van der Waals surface area contributed by atoms with Gasteiger partial charge in [0.05, 0.1) is 21.8 Å². The molecule has 0 aliphatic carbocycles. The molecule has 0 radical (unpaired) electrons. The summed E-state index contributed by atoms with van der Waals surface area (Å²) >= 11 is 3.68. The monoisotopic (exact) mass is 423 g/mol. The summed E-state index contributed by atoms with van der Waals surface area (Å²) in [7, 11) is 0. The smallest absolute Gasteiger partial charge is 0.286 e. The van der Waals surface area contributed by atoms with E-state index in [9.17, 15) is 9.65 Å². The SMILES string of the molecule is CB(Cc1ccccc1)n1nc(-c2ccc(F)cc2)c(C(C)(C)C#N)c1Br. The average molecular weight is 424 g/mol. The average Bonchev–Trinajstić information content (AvgIpc) is 3.01. The second-order valence-electron chi connectivity index (χ2n) is 7.24. The number of hydrogen-bond donors (Lipinski definition) is 0. The van der Waals surface area contributed by atoms with Crippen LogP contribution in [0.5, 0.6) is 0 Å². The van der Waals surface area contributed by atoms with Crippen molar-refractivity contribution in [2.75, 3.05) is 0 Å². The van der Waals surface area contributed by atoms with Gasteiger partial charge in [0.15, 0.2) is 0 Å². The van der Waals surface area contributed by atoms with E-state index in [1.165, 1.54) is 17.7 Å². The van der Waals surface area contributed by atoms with Crippen LogP contribution in [0.15, 0.2) is 59.2 Å². The molecule has 1 aromatic heterocycles. The molecule has 0 bridgehead atoms. The Kier molecular flexibility index (Phi) is 5.52. The molecule has 3 nitrogen and oxygen atoms in total. The van der Waals surface area contributed by atoms with Gasteiger partial charge in [-0.15, -0.1) is 0 Å². The predicted octanol–water partition coefficient (Wildman–Crippen LogP) is 5.50. The van der Waals surface area contributed by atoms with E-state index >= 15 is 0 Å². The van der Waals surface area contributed by atoms with Crippen molar-refractivity contribution >= 4 is 22.8 Å². The lowest BCUT2D eigenvalue weighted by molar-refractivity contribution is 0.628. The van der Waals surface area contributed by atoms with Crippen LogP contribution in [0.4, 0.5) is 4.39 Å². The Labute approximate surface area is 168 Å². The van der Waals surface area contributed by atoms with Crippen molar-refractivity contribution in [2.45, 2.75) is 32.4 Å². The Morgan fingerprint density at radius 1 is 1.15 bits per heavy atom. The number of halogens is 2. The minimum absolute atomic E-state index is 0.0872. The molecule has 0 atom stereocenters. The highest BCUT2D eigenvalue weighted by Gasteiger charge is 2.32. The first-order valence-corrected chi connectivity index (χ1v) is 9.62. The molecule has 0 aliphatic rings. The van der Waals surface area contributed by atoms with Gasteiger partial charge in [0.25, 0.3) is 6.85 Å². The standard InChI is InChI=1S/C21H20BBrFN3/c1-21(2,14-25)18-19(16-9-11-17(24)12-10-16)26-27(20(18)23)22(3)13-15-7-5-4-6-8-15/h4-12H,13H2,1-3H3. The van der Waals surface area contributed by atoms with Crippen LogP contribution in [0.1, 0.15) is 25.0 Å². The lowest BCUT2D eigenvalue weighted by Crippen LogP contribution is -2.26. The van der Waals surface area contributed by atoms with Crippen molar-refractivity contribution in [3.8, 4) is 17.3 Å². The molecule has 0 spiro atoms. The van der Waals surface area contributed by atoms with Crippen LogP contribution in [0, 0.1) is 17.1 Å². The zero-order valence-corrected chi connectivity index (χ0v) is 17.2. The Balaban J connectivity index is 2.09. The normalized spacial score (nSPS) is 11.3. The zero-order valence-electron chi connectivity index (χ0n) is 15.6. The van der Waals surface area contributed by atoms with Gasteiger partial charge in [0.1, 0.15) is 5.82 Å². The van der Waals surface area contributed by atoms with E-state index in [1.807, 2.05) is 36.6 Å². The number of benzene rings is 2. The first-order chi connectivity index (χ1) is 12.8. The van der Waals surface area contributed by atoms with Crippen molar-refractivity contribution in [2.24, 2.45) is 0 Å². The summed E-state index contributed by atoms with van der Waals surface area (Å²) in [5.74, 6) is -0.296. The highest BCUT2D eigenvalue weighted by molar-refractivity contribution is 9.10. The molecule has 1 heterocycles.